The maximum atomic E-state index is 12.4. The third-order valence-electron chi connectivity index (χ3n) is 3.86. The Bertz CT molecular complexity index is 1120. The van der Waals surface area contributed by atoms with Crippen molar-refractivity contribution < 1.29 is 32.1 Å². The van der Waals surface area contributed by atoms with E-state index in [4.69, 9.17) is 4.74 Å². The van der Waals surface area contributed by atoms with E-state index in [0.29, 0.717) is 18.8 Å². The van der Waals surface area contributed by atoms with E-state index in [1.165, 1.54) is 24.3 Å². The molecule has 0 radical (unpaired) electrons. The first-order valence-electron chi connectivity index (χ1n) is 8.62. The van der Waals surface area contributed by atoms with Gasteiger partial charge in [-0.05, 0) is 30.7 Å². The number of ether oxygens (including phenoxy) is 1. The van der Waals surface area contributed by atoms with Crippen LogP contribution in [0.3, 0.4) is 0 Å². The van der Waals surface area contributed by atoms with Crippen LogP contribution in [0.1, 0.15) is 23.4 Å². The number of esters is 1. The number of rotatable bonds is 7. The summed E-state index contributed by atoms with van der Waals surface area (Å²) in [4.78, 5) is 37.5. The lowest BCUT2D eigenvalue weighted by molar-refractivity contribution is -0.402. The van der Waals surface area contributed by atoms with E-state index in [9.17, 15) is 28.1 Å². The molecule has 1 aromatic carbocycles. The predicted octanol–water partition coefficient (Wildman–Crippen LogP) is 1.45. The quantitative estimate of drug-likeness (QED) is 0.373. The summed E-state index contributed by atoms with van der Waals surface area (Å²) in [6, 6.07) is 7.53. The number of sulfonamides is 1. The number of amides is 1. The molecule has 13 heteroatoms. The van der Waals surface area contributed by atoms with Crippen LogP contribution < -0.4 is 10.0 Å². The second-order valence-corrected chi connectivity index (χ2v) is 7.77. The fraction of sp³-hybridized carbons (Fsp3) is 0.235. The summed E-state index contributed by atoms with van der Waals surface area (Å²) >= 11 is 0. The third kappa shape index (κ3) is 5.20. The molecule has 0 saturated carbocycles. The molecule has 0 atom stereocenters. The Kier molecular flexibility index (Phi) is 6.11. The minimum Gasteiger partial charge on any atom is -0.450 e. The second kappa shape index (κ2) is 8.73. The molecule has 2 N–H and O–H groups in total. The summed E-state index contributed by atoms with van der Waals surface area (Å²) in [5.74, 6) is -2.48. The number of amidine groups is 1. The van der Waals surface area contributed by atoms with Crippen molar-refractivity contribution in [3.8, 4) is 0 Å². The van der Waals surface area contributed by atoms with Crippen molar-refractivity contribution in [3.05, 3.63) is 52.3 Å². The number of anilines is 1. The van der Waals surface area contributed by atoms with Crippen LogP contribution in [0, 0.1) is 10.1 Å². The first kappa shape index (κ1) is 21.0. The normalized spacial score (nSPS) is 13.4. The number of hydrogen-bond donors (Lipinski definition) is 2. The number of nitro groups is 1. The lowest BCUT2D eigenvalue weighted by Gasteiger charge is -2.10. The Morgan fingerprint density at radius 2 is 2.07 bits per heavy atom. The lowest BCUT2D eigenvalue weighted by atomic mass is 10.3. The average molecular weight is 436 g/mol. The molecule has 0 aliphatic carbocycles. The second-order valence-electron chi connectivity index (χ2n) is 6.08. The molecule has 158 valence electrons. The first-order valence-corrected chi connectivity index (χ1v) is 10.1. The number of carbonyl (C=O) groups excluding carboxylic acids is 2. The van der Waals surface area contributed by atoms with Gasteiger partial charge in [0.2, 0.25) is 5.76 Å². The zero-order chi connectivity index (χ0) is 21.7. The smallest absolute Gasteiger partial charge is 0.433 e. The van der Waals surface area contributed by atoms with E-state index >= 15 is 0 Å². The Balaban J connectivity index is 1.58. The van der Waals surface area contributed by atoms with Crippen LogP contribution in [0.5, 0.6) is 0 Å². The Morgan fingerprint density at radius 1 is 1.27 bits per heavy atom. The van der Waals surface area contributed by atoms with Crippen molar-refractivity contribution >= 4 is 39.3 Å². The maximum Gasteiger partial charge on any atom is 0.433 e. The predicted molar refractivity (Wildman–Crippen MR) is 103 cm³/mol. The molecule has 0 saturated heterocycles. The molecule has 0 spiro atoms. The van der Waals surface area contributed by atoms with Crippen LogP contribution in [-0.4, -0.2) is 44.2 Å². The molecule has 1 aliphatic rings. The van der Waals surface area contributed by atoms with Crippen molar-refractivity contribution in [1.82, 2.24) is 4.72 Å². The number of furan rings is 1. The van der Waals surface area contributed by atoms with Crippen LogP contribution in [0.2, 0.25) is 0 Å². The van der Waals surface area contributed by atoms with Gasteiger partial charge in [-0.15, -0.1) is 0 Å². The minimum atomic E-state index is -3.85. The Labute approximate surface area is 170 Å². The highest BCUT2D eigenvalue weighted by Gasteiger charge is 2.21. The molecule has 2 aromatic rings. The molecule has 3 rings (SSSR count). The standard InChI is InChI=1S/C17H16N4O8S/c22-15(10-28-17(23)13-6-7-16(29-13)21(24)25)19-11-3-1-4-12(9-11)30(26,27)20-14-5-2-8-18-14/h1,3-4,6-7,9H,2,5,8,10H2,(H,18,20)(H,19,22). The van der Waals surface area contributed by atoms with Gasteiger partial charge in [-0.3, -0.25) is 24.6 Å². The Hall–Kier alpha value is -3.74. The summed E-state index contributed by atoms with van der Waals surface area (Å²) in [6.45, 7) is -0.141. The number of benzene rings is 1. The van der Waals surface area contributed by atoms with E-state index in [-0.39, 0.29) is 10.6 Å². The van der Waals surface area contributed by atoms with Crippen LogP contribution in [0.25, 0.3) is 0 Å². The summed E-state index contributed by atoms with van der Waals surface area (Å²) in [5, 5.41) is 12.9. The molecule has 2 heterocycles. The fourth-order valence-electron chi connectivity index (χ4n) is 2.51. The van der Waals surface area contributed by atoms with Gasteiger partial charge < -0.3 is 14.5 Å². The monoisotopic (exact) mass is 436 g/mol. The minimum absolute atomic E-state index is 0.0743. The number of nitrogens with zero attached hydrogens (tertiary/aromatic N) is 2. The Morgan fingerprint density at radius 3 is 2.73 bits per heavy atom. The van der Waals surface area contributed by atoms with Gasteiger partial charge in [0.15, 0.2) is 6.61 Å². The van der Waals surface area contributed by atoms with Crippen LogP contribution >= 0.6 is 0 Å². The van der Waals surface area contributed by atoms with E-state index in [1.807, 2.05) is 0 Å². The van der Waals surface area contributed by atoms with Crippen LogP contribution in [0.15, 0.2) is 50.7 Å². The van der Waals surface area contributed by atoms with Gasteiger partial charge in [0.25, 0.3) is 15.9 Å². The molecule has 30 heavy (non-hydrogen) atoms. The summed E-state index contributed by atoms with van der Waals surface area (Å²) in [6.07, 6.45) is 1.32. The van der Waals surface area contributed by atoms with E-state index in [0.717, 1.165) is 18.6 Å². The van der Waals surface area contributed by atoms with Gasteiger partial charge in [-0.25, -0.2) is 13.2 Å². The van der Waals surface area contributed by atoms with Crippen LogP contribution in [0.4, 0.5) is 11.6 Å². The molecule has 12 nitrogen and oxygen atoms in total. The summed E-state index contributed by atoms with van der Waals surface area (Å²) in [7, 11) is -3.85. The average Bonchev–Trinajstić information content (AvgIpc) is 3.38. The zero-order valence-corrected chi connectivity index (χ0v) is 16.2. The molecule has 0 bridgehead atoms. The third-order valence-corrected chi connectivity index (χ3v) is 5.24. The first-order chi connectivity index (χ1) is 14.2. The molecule has 0 unspecified atom stereocenters. The van der Waals surface area contributed by atoms with Gasteiger partial charge in [0.05, 0.1) is 11.0 Å². The van der Waals surface area contributed by atoms with Gasteiger partial charge in [-0.2, -0.15) is 0 Å². The maximum absolute atomic E-state index is 12.4. The van der Waals surface area contributed by atoms with Crippen LogP contribution in [-0.2, 0) is 19.6 Å². The molecule has 1 aromatic heterocycles. The van der Waals surface area contributed by atoms with Crippen molar-refractivity contribution in [2.45, 2.75) is 17.7 Å². The van der Waals surface area contributed by atoms with Crippen molar-refractivity contribution in [3.63, 3.8) is 0 Å². The van der Waals surface area contributed by atoms with Gasteiger partial charge in [0, 0.05) is 18.7 Å². The van der Waals surface area contributed by atoms with E-state index in [1.54, 1.807) is 0 Å². The summed E-state index contributed by atoms with van der Waals surface area (Å²) < 4.78 is 36.6. The zero-order valence-electron chi connectivity index (χ0n) is 15.4. The SMILES string of the molecule is O=C(COC(=O)c1ccc([N+](=O)[O-])o1)Nc1cccc(S(=O)(=O)NC2=NCCC2)c1. The lowest BCUT2D eigenvalue weighted by Crippen LogP contribution is -2.29. The highest BCUT2D eigenvalue weighted by Crippen LogP contribution is 2.18. The summed E-state index contributed by atoms with van der Waals surface area (Å²) in [5.41, 5.74) is 0.168. The fourth-order valence-corrected chi connectivity index (χ4v) is 3.65. The van der Waals surface area contributed by atoms with Gasteiger partial charge in [-0.1, -0.05) is 6.07 Å². The number of aliphatic imine (C=N–C) groups is 1. The number of hydrogen-bond acceptors (Lipinski definition) is 9. The van der Waals surface area contributed by atoms with Crippen molar-refractivity contribution in [2.75, 3.05) is 18.5 Å². The molecule has 1 amide bonds. The molecule has 1 aliphatic heterocycles. The van der Waals surface area contributed by atoms with E-state index < -0.39 is 45.1 Å². The van der Waals surface area contributed by atoms with Crippen molar-refractivity contribution in [2.24, 2.45) is 4.99 Å². The van der Waals surface area contributed by atoms with Gasteiger partial charge in [0.1, 0.15) is 10.8 Å². The topological polar surface area (TPSA) is 170 Å². The molecular weight excluding hydrogens is 420 g/mol. The number of carbonyl (C=O) groups is 2. The van der Waals surface area contributed by atoms with E-state index in [2.05, 4.69) is 19.4 Å². The highest BCUT2D eigenvalue weighted by molar-refractivity contribution is 7.90. The largest absolute Gasteiger partial charge is 0.450 e. The number of nitrogens with one attached hydrogen (secondary N) is 2. The van der Waals surface area contributed by atoms with Gasteiger partial charge >= 0.3 is 11.9 Å². The molecular formula is C17H16N4O8S. The van der Waals surface area contributed by atoms with Crippen molar-refractivity contribution in [1.29, 1.82) is 0 Å². The highest BCUT2D eigenvalue weighted by atomic mass is 32.2. The molecule has 0 fully saturated rings.